The van der Waals surface area contributed by atoms with E-state index in [2.05, 4.69) is 4.98 Å². The normalized spacial score (nSPS) is 17.7. The highest BCUT2D eigenvalue weighted by Crippen LogP contribution is 2.17. The van der Waals surface area contributed by atoms with Crippen molar-refractivity contribution >= 4 is 5.91 Å². The number of hydrogen-bond acceptors (Lipinski definition) is 5. The molecule has 1 aliphatic rings. The number of hydrogen-bond donors (Lipinski definition) is 0. The second-order valence-electron chi connectivity index (χ2n) is 5.92. The van der Waals surface area contributed by atoms with E-state index in [1.165, 1.54) is 12.1 Å². The summed E-state index contributed by atoms with van der Waals surface area (Å²) in [5, 5.41) is 0. The molecule has 0 N–H and O–H groups in total. The highest BCUT2D eigenvalue weighted by Gasteiger charge is 2.26. The Bertz CT molecular complexity index is 757. The van der Waals surface area contributed by atoms with E-state index >= 15 is 0 Å². The number of likely N-dealkylation sites (tertiary alicyclic amines) is 1. The summed E-state index contributed by atoms with van der Waals surface area (Å²) in [5.74, 6) is 0.262. The van der Waals surface area contributed by atoms with E-state index in [4.69, 9.17) is 9.15 Å². The standard InChI is InChI=1S/C18H20N2O4/c1-13-9-15(21)10-17(24-13)18(22)20-8-4-6-16(11-20)23-12-14-5-2-3-7-19-14/h2-3,5,7,9-10,16H,4,6,8,11-12H2,1H3. The van der Waals surface area contributed by atoms with Crippen molar-refractivity contribution in [2.45, 2.75) is 32.5 Å². The summed E-state index contributed by atoms with van der Waals surface area (Å²) < 4.78 is 11.3. The average Bonchev–Trinajstić information content (AvgIpc) is 2.59. The van der Waals surface area contributed by atoms with Gasteiger partial charge in [-0.05, 0) is 31.9 Å². The smallest absolute Gasteiger partial charge is 0.289 e. The van der Waals surface area contributed by atoms with E-state index < -0.39 is 0 Å². The van der Waals surface area contributed by atoms with Gasteiger partial charge in [0.15, 0.2) is 11.2 Å². The molecule has 3 rings (SSSR count). The monoisotopic (exact) mass is 328 g/mol. The van der Waals surface area contributed by atoms with Gasteiger partial charge in [-0.3, -0.25) is 14.6 Å². The Morgan fingerprint density at radius 1 is 1.42 bits per heavy atom. The van der Waals surface area contributed by atoms with E-state index in [-0.39, 0.29) is 23.2 Å². The molecule has 0 aliphatic carbocycles. The van der Waals surface area contributed by atoms with Gasteiger partial charge in [0, 0.05) is 31.4 Å². The molecule has 1 unspecified atom stereocenters. The largest absolute Gasteiger partial charge is 0.456 e. The Morgan fingerprint density at radius 2 is 2.29 bits per heavy atom. The number of aromatic nitrogens is 1. The van der Waals surface area contributed by atoms with Crippen molar-refractivity contribution in [2.24, 2.45) is 0 Å². The molecule has 1 aliphatic heterocycles. The Balaban J connectivity index is 1.62. The predicted molar refractivity (Wildman–Crippen MR) is 87.7 cm³/mol. The van der Waals surface area contributed by atoms with Gasteiger partial charge in [0.05, 0.1) is 18.4 Å². The number of carbonyl (C=O) groups excluding carboxylic acids is 1. The van der Waals surface area contributed by atoms with Crippen LogP contribution in [0, 0.1) is 6.92 Å². The summed E-state index contributed by atoms with van der Waals surface area (Å²) in [6.45, 7) is 3.21. The Hall–Kier alpha value is -2.47. The molecule has 0 saturated carbocycles. The van der Waals surface area contributed by atoms with Gasteiger partial charge in [0.25, 0.3) is 5.91 Å². The van der Waals surface area contributed by atoms with Crippen molar-refractivity contribution in [3.05, 3.63) is 64.0 Å². The summed E-state index contributed by atoms with van der Waals surface area (Å²) in [5.41, 5.74) is 0.646. The Kier molecular flexibility index (Phi) is 5.05. The molecule has 0 spiro atoms. The van der Waals surface area contributed by atoms with E-state index in [9.17, 15) is 9.59 Å². The van der Waals surface area contributed by atoms with Crippen LogP contribution in [0.4, 0.5) is 0 Å². The third-order valence-electron chi connectivity index (χ3n) is 3.96. The first-order valence-electron chi connectivity index (χ1n) is 8.04. The minimum absolute atomic E-state index is 0.0405. The average molecular weight is 328 g/mol. The molecule has 0 aromatic carbocycles. The van der Waals surface area contributed by atoms with Gasteiger partial charge in [-0.2, -0.15) is 0 Å². The van der Waals surface area contributed by atoms with Crippen LogP contribution in [-0.2, 0) is 11.3 Å². The third kappa shape index (κ3) is 4.08. The number of rotatable bonds is 4. The van der Waals surface area contributed by atoms with Crippen molar-refractivity contribution in [3.8, 4) is 0 Å². The molecule has 6 nitrogen and oxygen atoms in total. The second kappa shape index (κ2) is 7.40. The molecule has 126 valence electrons. The van der Waals surface area contributed by atoms with E-state index in [0.717, 1.165) is 18.5 Å². The number of pyridine rings is 1. The first-order chi connectivity index (χ1) is 11.6. The fourth-order valence-corrected chi connectivity index (χ4v) is 2.81. The molecule has 6 heteroatoms. The lowest BCUT2D eigenvalue weighted by Gasteiger charge is -2.32. The van der Waals surface area contributed by atoms with Crippen LogP contribution >= 0.6 is 0 Å². The van der Waals surface area contributed by atoms with Crippen LogP contribution in [0.1, 0.15) is 34.9 Å². The SMILES string of the molecule is Cc1cc(=O)cc(C(=O)N2CCCC(OCc3ccccn3)C2)o1. The number of carbonyl (C=O) groups is 1. The first-order valence-corrected chi connectivity index (χ1v) is 8.04. The number of amides is 1. The molecule has 1 amide bonds. The molecule has 0 radical (unpaired) electrons. The van der Waals surface area contributed by atoms with Crippen LogP contribution in [-0.4, -0.2) is 35.0 Å². The topological polar surface area (TPSA) is 72.6 Å². The van der Waals surface area contributed by atoms with Gasteiger partial charge in [-0.15, -0.1) is 0 Å². The molecule has 2 aromatic rings. The number of ether oxygens (including phenoxy) is 1. The van der Waals surface area contributed by atoms with Crippen LogP contribution in [0.3, 0.4) is 0 Å². The quantitative estimate of drug-likeness (QED) is 0.860. The lowest BCUT2D eigenvalue weighted by atomic mass is 10.1. The number of piperidine rings is 1. The summed E-state index contributed by atoms with van der Waals surface area (Å²) in [4.78, 5) is 30.0. The third-order valence-corrected chi connectivity index (χ3v) is 3.96. The zero-order valence-electron chi connectivity index (χ0n) is 13.6. The molecule has 1 saturated heterocycles. The maximum absolute atomic E-state index is 12.5. The lowest BCUT2D eigenvalue weighted by molar-refractivity contribution is -0.00873. The van der Waals surface area contributed by atoms with Gasteiger partial charge < -0.3 is 14.1 Å². The molecule has 1 atom stereocenters. The minimum atomic E-state index is -0.262. The van der Waals surface area contributed by atoms with Crippen LogP contribution < -0.4 is 5.43 Å². The van der Waals surface area contributed by atoms with Crippen LogP contribution in [0.2, 0.25) is 0 Å². The molecule has 1 fully saturated rings. The van der Waals surface area contributed by atoms with Gasteiger partial charge in [-0.25, -0.2) is 0 Å². The zero-order valence-corrected chi connectivity index (χ0v) is 13.6. The van der Waals surface area contributed by atoms with Gasteiger partial charge in [-0.1, -0.05) is 6.07 Å². The molecule has 24 heavy (non-hydrogen) atoms. The van der Waals surface area contributed by atoms with Crippen molar-refractivity contribution in [1.29, 1.82) is 0 Å². The van der Waals surface area contributed by atoms with Crippen molar-refractivity contribution in [3.63, 3.8) is 0 Å². The predicted octanol–water partition coefficient (Wildman–Crippen LogP) is 2.16. The van der Waals surface area contributed by atoms with Gasteiger partial charge in [0.1, 0.15) is 5.76 Å². The van der Waals surface area contributed by atoms with Crippen LogP contribution in [0.15, 0.2) is 45.7 Å². The highest BCUT2D eigenvalue weighted by molar-refractivity contribution is 5.91. The molecule has 3 heterocycles. The second-order valence-corrected chi connectivity index (χ2v) is 5.92. The summed E-state index contributed by atoms with van der Waals surface area (Å²) in [7, 11) is 0. The van der Waals surface area contributed by atoms with Gasteiger partial charge in [0.2, 0.25) is 0 Å². The lowest BCUT2D eigenvalue weighted by Crippen LogP contribution is -2.43. The molecule has 0 bridgehead atoms. The van der Waals surface area contributed by atoms with E-state index in [1.807, 2.05) is 18.2 Å². The van der Waals surface area contributed by atoms with Gasteiger partial charge >= 0.3 is 0 Å². The molecular formula is C18H20N2O4. The zero-order chi connectivity index (χ0) is 16.9. The first kappa shape index (κ1) is 16.4. The molecular weight excluding hydrogens is 308 g/mol. The van der Waals surface area contributed by atoms with E-state index in [1.54, 1.807) is 18.0 Å². The summed E-state index contributed by atoms with van der Waals surface area (Å²) >= 11 is 0. The number of aryl methyl sites for hydroxylation is 1. The van der Waals surface area contributed by atoms with E-state index in [0.29, 0.717) is 25.5 Å². The fraction of sp³-hybridized carbons (Fsp3) is 0.389. The summed E-state index contributed by atoms with van der Waals surface area (Å²) in [6.07, 6.45) is 3.44. The Labute approximate surface area is 140 Å². The van der Waals surface area contributed by atoms with Crippen LogP contribution in [0.25, 0.3) is 0 Å². The highest BCUT2D eigenvalue weighted by atomic mass is 16.5. The maximum atomic E-state index is 12.5. The minimum Gasteiger partial charge on any atom is -0.456 e. The number of nitrogens with zero attached hydrogens (tertiary/aromatic N) is 2. The van der Waals surface area contributed by atoms with Crippen molar-refractivity contribution < 1.29 is 13.9 Å². The summed E-state index contributed by atoms with van der Waals surface area (Å²) in [6, 6.07) is 8.30. The Morgan fingerprint density at radius 3 is 3.04 bits per heavy atom. The fourth-order valence-electron chi connectivity index (χ4n) is 2.81. The van der Waals surface area contributed by atoms with Crippen LogP contribution in [0.5, 0.6) is 0 Å². The maximum Gasteiger partial charge on any atom is 0.289 e. The van der Waals surface area contributed by atoms with Crippen molar-refractivity contribution in [1.82, 2.24) is 9.88 Å². The van der Waals surface area contributed by atoms with Crippen molar-refractivity contribution in [2.75, 3.05) is 13.1 Å². The molecule has 2 aromatic heterocycles.